The first-order valence-corrected chi connectivity index (χ1v) is 7.08. The maximum absolute atomic E-state index is 13.3. The number of nitro benzene ring substituents is 1. The summed E-state index contributed by atoms with van der Waals surface area (Å²) in [5.74, 6) is -1.86. The number of aromatic nitrogens is 1. The molecule has 3 rings (SSSR count). The van der Waals surface area contributed by atoms with Crippen LogP contribution in [0.15, 0.2) is 47.8 Å². The SMILES string of the molecule is O=[N+]([O-])c1cccc(-c2nc(-c3ccc(F)c(F)c3)cs2)c1. The van der Waals surface area contributed by atoms with E-state index in [0.29, 0.717) is 21.8 Å². The number of rotatable bonds is 3. The van der Waals surface area contributed by atoms with Gasteiger partial charge in [0.25, 0.3) is 5.69 Å². The van der Waals surface area contributed by atoms with Crippen LogP contribution in [0, 0.1) is 21.7 Å². The lowest BCUT2D eigenvalue weighted by Crippen LogP contribution is -1.88. The van der Waals surface area contributed by atoms with Crippen molar-refractivity contribution in [3.05, 3.63) is 69.6 Å². The predicted octanol–water partition coefficient (Wildman–Crippen LogP) is 4.66. The van der Waals surface area contributed by atoms with Crippen molar-refractivity contribution in [2.75, 3.05) is 0 Å². The summed E-state index contributed by atoms with van der Waals surface area (Å²) in [6.45, 7) is 0. The van der Waals surface area contributed by atoms with Gasteiger partial charge in [0, 0.05) is 28.6 Å². The second-order valence-electron chi connectivity index (χ2n) is 4.47. The molecule has 0 bridgehead atoms. The summed E-state index contributed by atoms with van der Waals surface area (Å²) in [7, 11) is 0. The molecule has 0 saturated carbocycles. The third-order valence-corrected chi connectivity index (χ3v) is 3.91. The van der Waals surface area contributed by atoms with Crippen LogP contribution in [-0.2, 0) is 0 Å². The van der Waals surface area contributed by atoms with Crippen molar-refractivity contribution in [3.8, 4) is 21.8 Å². The summed E-state index contributed by atoms with van der Waals surface area (Å²) in [4.78, 5) is 14.6. The number of hydrogen-bond donors (Lipinski definition) is 0. The van der Waals surface area contributed by atoms with Crippen molar-refractivity contribution < 1.29 is 13.7 Å². The minimum absolute atomic E-state index is 0.0259. The summed E-state index contributed by atoms with van der Waals surface area (Å²) in [6, 6.07) is 9.65. The van der Waals surface area contributed by atoms with Gasteiger partial charge in [-0.2, -0.15) is 0 Å². The van der Waals surface area contributed by atoms with Gasteiger partial charge in [0.2, 0.25) is 0 Å². The monoisotopic (exact) mass is 318 g/mol. The van der Waals surface area contributed by atoms with Crippen molar-refractivity contribution in [1.82, 2.24) is 4.98 Å². The van der Waals surface area contributed by atoms with Gasteiger partial charge in [0.15, 0.2) is 11.6 Å². The van der Waals surface area contributed by atoms with Gasteiger partial charge < -0.3 is 0 Å². The summed E-state index contributed by atoms with van der Waals surface area (Å²) in [5.41, 5.74) is 1.52. The lowest BCUT2D eigenvalue weighted by atomic mass is 10.1. The van der Waals surface area contributed by atoms with E-state index in [2.05, 4.69) is 4.98 Å². The maximum atomic E-state index is 13.3. The highest BCUT2D eigenvalue weighted by molar-refractivity contribution is 7.13. The van der Waals surface area contributed by atoms with Crippen LogP contribution in [0.2, 0.25) is 0 Å². The Bertz CT molecular complexity index is 864. The fourth-order valence-electron chi connectivity index (χ4n) is 1.95. The van der Waals surface area contributed by atoms with Crippen molar-refractivity contribution >= 4 is 17.0 Å². The molecule has 0 aliphatic heterocycles. The first-order chi connectivity index (χ1) is 10.5. The van der Waals surface area contributed by atoms with Gasteiger partial charge in [-0.15, -0.1) is 11.3 Å². The summed E-state index contributed by atoms with van der Waals surface area (Å²) >= 11 is 1.28. The van der Waals surface area contributed by atoms with Crippen LogP contribution < -0.4 is 0 Å². The largest absolute Gasteiger partial charge is 0.270 e. The zero-order valence-electron chi connectivity index (χ0n) is 11.0. The van der Waals surface area contributed by atoms with E-state index < -0.39 is 16.6 Å². The van der Waals surface area contributed by atoms with E-state index in [1.807, 2.05) is 0 Å². The molecule has 1 aromatic heterocycles. The molecule has 0 spiro atoms. The Kier molecular flexibility index (Phi) is 3.64. The zero-order valence-corrected chi connectivity index (χ0v) is 11.8. The molecule has 2 aromatic carbocycles. The zero-order chi connectivity index (χ0) is 15.7. The van der Waals surface area contributed by atoms with Gasteiger partial charge in [0.1, 0.15) is 5.01 Å². The molecule has 0 saturated heterocycles. The van der Waals surface area contributed by atoms with Gasteiger partial charge in [-0.05, 0) is 18.2 Å². The van der Waals surface area contributed by atoms with Gasteiger partial charge in [0.05, 0.1) is 10.6 Å². The number of hydrogen-bond acceptors (Lipinski definition) is 4. The quantitative estimate of drug-likeness (QED) is 0.521. The van der Waals surface area contributed by atoms with Crippen LogP contribution in [0.5, 0.6) is 0 Å². The standard InChI is InChI=1S/C15H8F2N2O2S/c16-12-5-4-9(7-13(12)17)14-8-22-15(18-14)10-2-1-3-11(6-10)19(20)21/h1-8H. The number of nitrogens with zero attached hydrogens (tertiary/aromatic N) is 2. The Morgan fingerprint density at radius 3 is 2.59 bits per heavy atom. The Morgan fingerprint density at radius 2 is 1.86 bits per heavy atom. The molecule has 0 aliphatic rings. The first kappa shape index (κ1) is 14.3. The molecule has 0 N–H and O–H groups in total. The molecular weight excluding hydrogens is 310 g/mol. The minimum atomic E-state index is -0.942. The molecule has 1 heterocycles. The maximum Gasteiger partial charge on any atom is 0.270 e. The molecule has 0 radical (unpaired) electrons. The molecule has 22 heavy (non-hydrogen) atoms. The Balaban J connectivity index is 1.98. The predicted molar refractivity (Wildman–Crippen MR) is 79.6 cm³/mol. The molecular formula is C15H8F2N2O2S. The van der Waals surface area contributed by atoms with Crippen molar-refractivity contribution in [2.24, 2.45) is 0 Å². The Morgan fingerprint density at radius 1 is 1.05 bits per heavy atom. The average molecular weight is 318 g/mol. The van der Waals surface area contributed by atoms with E-state index in [9.17, 15) is 18.9 Å². The molecule has 0 fully saturated rings. The van der Waals surface area contributed by atoms with Crippen LogP contribution in [-0.4, -0.2) is 9.91 Å². The smallest absolute Gasteiger partial charge is 0.258 e. The van der Waals surface area contributed by atoms with Gasteiger partial charge in [-0.25, -0.2) is 13.8 Å². The van der Waals surface area contributed by atoms with E-state index in [0.717, 1.165) is 12.1 Å². The summed E-state index contributed by atoms with van der Waals surface area (Å²) in [5, 5.41) is 13.1. The molecule has 7 heteroatoms. The second-order valence-corrected chi connectivity index (χ2v) is 5.33. The van der Waals surface area contributed by atoms with Crippen LogP contribution >= 0.6 is 11.3 Å². The lowest BCUT2D eigenvalue weighted by molar-refractivity contribution is -0.384. The molecule has 110 valence electrons. The minimum Gasteiger partial charge on any atom is -0.258 e. The van der Waals surface area contributed by atoms with Crippen LogP contribution in [0.25, 0.3) is 21.8 Å². The number of halogens is 2. The van der Waals surface area contributed by atoms with Crippen molar-refractivity contribution in [2.45, 2.75) is 0 Å². The van der Waals surface area contributed by atoms with Crippen LogP contribution in [0.3, 0.4) is 0 Å². The molecule has 3 aromatic rings. The first-order valence-electron chi connectivity index (χ1n) is 6.20. The number of thiazole rings is 1. The topological polar surface area (TPSA) is 56.0 Å². The fourth-order valence-corrected chi connectivity index (χ4v) is 2.77. The molecule has 4 nitrogen and oxygen atoms in total. The van der Waals surface area contributed by atoms with E-state index in [1.165, 1.54) is 29.5 Å². The molecule has 0 amide bonds. The van der Waals surface area contributed by atoms with E-state index >= 15 is 0 Å². The van der Waals surface area contributed by atoms with Crippen LogP contribution in [0.1, 0.15) is 0 Å². The van der Waals surface area contributed by atoms with E-state index in [-0.39, 0.29) is 5.69 Å². The number of non-ortho nitro benzene ring substituents is 1. The van der Waals surface area contributed by atoms with Crippen molar-refractivity contribution in [3.63, 3.8) is 0 Å². The molecule has 0 aliphatic carbocycles. The van der Waals surface area contributed by atoms with Gasteiger partial charge >= 0.3 is 0 Å². The van der Waals surface area contributed by atoms with E-state index in [4.69, 9.17) is 0 Å². The lowest BCUT2D eigenvalue weighted by Gasteiger charge is -1.98. The highest BCUT2D eigenvalue weighted by atomic mass is 32.1. The van der Waals surface area contributed by atoms with Gasteiger partial charge in [-0.3, -0.25) is 10.1 Å². The third kappa shape index (κ3) is 2.71. The summed E-state index contributed by atoms with van der Waals surface area (Å²) < 4.78 is 26.2. The average Bonchev–Trinajstić information content (AvgIpc) is 3.00. The van der Waals surface area contributed by atoms with E-state index in [1.54, 1.807) is 17.5 Å². The van der Waals surface area contributed by atoms with Gasteiger partial charge in [-0.1, -0.05) is 12.1 Å². The van der Waals surface area contributed by atoms with Crippen LogP contribution in [0.4, 0.5) is 14.5 Å². The highest BCUT2D eigenvalue weighted by Gasteiger charge is 2.12. The fraction of sp³-hybridized carbons (Fsp3) is 0. The molecule has 0 unspecified atom stereocenters. The third-order valence-electron chi connectivity index (χ3n) is 3.02. The number of nitro groups is 1. The Hall–Kier alpha value is -2.67. The Labute approximate surface area is 127 Å². The normalized spacial score (nSPS) is 10.6. The van der Waals surface area contributed by atoms with Crippen molar-refractivity contribution in [1.29, 1.82) is 0 Å². The highest BCUT2D eigenvalue weighted by Crippen LogP contribution is 2.31. The number of benzene rings is 2. The second kappa shape index (κ2) is 5.61. The summed E-state index contributed by atoms with van der Waals surface area (Å²) in [6.07, 6.45) is 0. The molecule has 0 atom stereocenters.